The lowest BCUT2D eigenvalue weighted by Gasteiger charge is -2.16. The number of pyridine rings is 1. The van der Waals surface area contributed by atoms with Crippen LogP contribution in [0.5, 0.6) is 0 Å². The number of hydrogen-bond acceptors (Lipinski definition) is 6. The molecule has 5 nitrogen and oxygen atoms in total. The highest BCUT2D eigenvalue weighted by molar-refractivity contribution is 7.26. The molecule has 0 aliphatic rings. The van der Waals surface area contributed by atoms with Gasteiger partial charge < -0.3 is 4.42 Å². The lowest BCUT2D eigenvalue weighted by atomic mass is 9.89. The van der Waals surface area contributed by atoms with Crippen LogP contribution < -0.4 is 0 Å². The van der Waals surface area contributed by atoms with Gasteiger partial charge in [-0.25, -0.2) is 19.9 Å². The van der Waals surface area contributed by atoms with E-state index in [2.05, 4.69) is 146 Å². The van der Waals surface area contributed by atoms with E-state index in [0.29, 0.717) is 17.5 Å². The number of rotatable bonds is 5. The van der Waals surface area contributed by atoms with Crippen molar-refractivity contribution in [3.63, 3.8) is 0 Å². The fourth-order valence-electron chi connectivity index (χ4n) is 8.47. The van der Waals surface area contributed by atoms with Gasteiger partial charge in [-0.2, -0.15) is 0 Å². The Bertz CT molecular complexity index is 3560. The summed E-state index contributed by atoms with van der Waals surface area (Å²) in [5.41, 5.74) is 9.61. The van der Waals surface area contributed by atoms with Gasteiger partial charge in [0.15, 0.2) is 17.5 Å². The minimum Gasteiger partial charge on any atom is -0.456 e. The van der Waals surface area contributed by atoms with Crippen LogP contribution in [0.3, 0.4) is 0 Å². The van der Waals surface area contributed by atoms with Gasteiger partial charge in [-0.1, -0.05) is 152 Å². The van der Waals surface area contributed by atoms with Crippen LogP contribution in [0.4, 0.5) is 0 Å². The molecule has 270 valence electrons. The molecule has 0 spiro atoms. The number of nitrogens with zero attached hydrogens (tertiary/aromatic N) is 4. The molecule has 0 aliphatic heterocycles. The molecule has 0 bridgehead atoms. The summed E-state index contributed by atoms with van der Waals surface area (Å²) in [6.45, 7) is 0. The summed E-state index contributed by atoms with van der Waals surface area (Å²) in [4.78, 5) is 20.7. The number of aromatic nitrogens is 4. The van der Waals surface area contributed by atoms with Crippen molar-refractivity contribution in [2.24, 2.45) is 0 Å². The van der Waals surface area contributed by atoms with Crippen LogP contribution in [0.25, 0.3) is 120 Å². The molecule has 4 heterocycles. The van der Waals surface area contributed by atoms with Crippen LogP contribution in [0.2, 0.25) is 0 Å². The highest BCUT2D eigenvalue weighted by Crippen LogP contribution is 2.47. The van der Waals surface area contributed by atoms with Crippen molar-refractivity contribution in [1.29, 1.82) is 0 Å². The van der Waals surface area contributed by atoms with Crippen molar-refractivity contribution >= 4 is 75.1 Å². The summed E-state index contributed by atoms with van der Waals surface area (Å²) < 4.78 is 9.03. The first-order valence-corrected chi connectivity index (χ1v) is 20.1. The number of fused-ring (bicyclic) bond motifs is 9. The molecule has 0 atom stereocenters. The number of thiophene rings is 1. The second kappa shape index (κ2) is 13.0. The van der Waals surface area contributed by atoms with Crippen LogP contribution in [-0.4, -0.2) is 19.9 Å². The topological polar surface area (TPSA) is 64.7 Å². The van der Waals surface area contributed by atoms with E-state index in [1.54, 1.807) is 11.3 Å². The normalized spacial score (nSPS) is 11.8. The molecule has 0 unspecified atom stereocenters. The summed E-state index contributed by atoms with van der Waals surface area (Å²) in [5.74, 6) is 1.90. The summed E-state index contributed by atoms with van der Waals surface area (Å²) in [7, 11) is 0. The highest BCUT2D eigenvalue weighted by atomic mass is 32.1. The van der Waals surface area contributed by atoms with Crippen molar-refractivity contribution in [3.05, 3.63) is 182 Å². The molecular formula is C52H30N4OS. The van der Waals surface area contributed by atoms with Crippen molar-refractivity contribution < 1.29 is 4.42 Å². The Hall–Kier alpha value is -7.54. The molecule has 12 rings (SSSR count). The third-order valence-corrected chi connectivity index (χ3v) is 12.3. The first kappa shape index (κ1) is 32.7. The number of hydrogen-bond donors (Lipinski definition) is 0. The maximum atomic E-state index is 6.62. The van der Waals surface area contributed by atoms with E-state index in [4.69, 9.17) is 24.4 Å². The summed E-state index contributed by atoms with van der Waals surface area (Å²) in [6.07, 6.45) is 0. The summed E-state index contributed by atoms with van der Waals surface area (Å²) >= 11 is 1.78. The van der Waals surface area contributed by atoms with E-state index in [1.807, 2.05) is 36.4 Å². The predicted molar refractivity (Wildman–Crippen MR) is 240 cm³/mol. The van der Waals surface area contributed by atoms with Gasteiger partial charge in [-0.15, -0.1) is 11.3 Å². The lowest BCUT2D eigenvalue weighted by molar-refractivity contribution is 0.669. The maximum absolute atomic E-state index is 6.62. The zero-order valence-corrected chi connectivity index (χ0v) is 31.7. The number of para-hydroxylation sites is 2. The molecule has 0 radical (unpaired) electrons. The highest BCUT2D eigenvalue weighted by Gasteiger charge is 2.22. The molecule has 4 aromatic heterocycles. The Kier molecular flexibility index (Phi) is 7.33. The van der Waals surface area contributed by atoms with Crippen molar-refractivity contribution in [1.82, 2.24) is 19.9 Å². The van der Waals surface area contributed by atoms with Crippen molar-refractivity contribution in [2.45, 2.75) is 0 Å². The van der Waals surface area contributed by atoms with Crippen LogP contribution >= 0.6 is 11.3 Å². The molecule has 6 heteroatoms. The van der Waals surface area contributed by atoms with Gasteiger partial charge in [0.2, 0.25) is 0 Å². The second-order valence-corrected chi connectivity index (χ2v) is 15.6. The largest absolute Gasteiger partial charge is 0.456 e. The van der Waals surface area contributed by atoms with E-state index >= 15 is 0 Å². The third kappa shape index (κ3) is 5.16. The first-order chi connectivity index (χ1) is 28.7. The number of benzene rings is 8. The standard InChI is InChI=1S/C52H30N4OS/c1-3-14-32(15-4-1)48-40-30-43-47(38-20-8-11-24-42(38)57-43)45(46(40)37-19-7-10-23-41(37)53-48)31-26-28-34(29-27-31)51-54-50(33-16-5-2-6-17-33)55-52(56-51)39-22-13-21-36-35-18-9-12-25-44(35)58-49(36)39/h1-30H. The average Bonchev–Trinajstić information content (AvgIpc) is 3.87. The third-order valence-electron chi connectivity index (χ3n) is 11.1. The van der Waals surface area contributed by atoms with E-state index in [1.165, 1.54) is 20.2 Å². The minimum atomic E-state index is 0.617. The second-order valence-electron chi connectivity index (χ2n) is 14.5. The van der Waals surface area contributed by atoms with Crippen molar-refractivity contribution in [2.75, 3.05) is 0 Å². The average molecular weight is 759 g/mol. The molecule has 0 amide bonds. The molecule has 12 aromatic rings. The fraction of sp³-hybridized carbons (Fsp3) is 0. The molecule has 0 saturated carbocycles. The molecule has 0 fully saturated rings. The minimum absolute atomic E-state index is 0.617. The van der Waals surface area contributed by atoms with Gasteiger partial charge in [-0.3, -0.25) is 0 Å². The monoisotopic (exact) mass is 758 g/mol. The zero-order valence-electron chi connectivity index (χ0n) is 30.9. The van der Waals surface area contributed by atoms with Crippen LogP contribution in [0.15, 0.2) is 186 Å². The SMILES string of the molecule is c1ccc(-c2nc(-c3ccc(-c4c5c(cc6c(-c7ccccc7)nc7ccccc7c46)oc4ccccc45)cc3)nc(-c3cccc4c3sc3ccccc34)n2)cc1. The van der Waals surface area contributed by atoms with Crippen LogP contribution in [0.1, 0.15) is 0 Å². The predicted octanol–water partition coefficient (Wildman–Crippen LogP) is 14.2. The van der Waals surface area contributed by atoms with E-state index in [0.717, 1.165) is 82.7 Å². The molecule has 0 aliphatic carbocycles. The van der Waals surface area contributed by atoms with Gasteiger partial charge in [0.25, 0.3) is 0 Å². The molecule has 0 saturated heterocycles. The molecule has 8 aromatic carbocycles. The van der Waals surface area contributed by atoms with Gasteiger partial charge in [0.1, 0.15) is 11.2 Å². The number of furan rings is 1. The lowest BCUT2D eigenvalue weighted by Crippen LogP contribution is -2.00. The Labute approximate surface area is 336 Å². The Morgan fingerprint density at radius 2 is 0.983 bits per heavy atom. The van der Waals surface area contributed by atoms with E-state index < -0.39 is 0 Å². The van der Waals surface area contributed by atoms with E-state index in [9.17, 15) is 0 Å². The van der Waals surface area contributed by atoms with Gasteiger partial charge >= 0.3 is 0 Å². The Morgan fingerprint density at radius 1 is 0.379 bits per heavy atom. The molecule has 58 heavy (non-hydrogen) atoms. The maximum Gasteiger partial charge on any atom is 0.165 e. The van der Waals surface area contributed by atoms with Gasteiger partial charge in [0, 0.05) is 74.9 Å². The van der Waals surface area contributed by atoms with Gasteiger partial charge in [0.05, 0.1) is 11.2 Å². The van der Waals surface area contributed by atoms with E-state index in [-0.39, 0.29) is 0 Å². The quantitative estimate of drug-likeness (QED) is 0.164. The fourth-order valence-corrected chi connectivity index (χ4v) is 9.68. The van der Waals surface area contributed by atoms with Crippen molar-refractivity contribution in [3.8, 4) is 56.5 Å². The first-order valence-electron chi connectivity index (χ1n) is 19.3. The molecular weight excluding hydrogens is 729 g/mol. The summed E-state index contributed by atoms with van der Waals surface area (Å²) in [6, 6.07) is 63.1. The summed E-state index contributed by atoms with van der Waals surface area (Å²) in [5, 5.41) is 7.87. The van der Waals surface area contributed by atoms with Crippen LogP contribution in [-0.2, 0) is 0 Å². The smallest absolute Gasteiger partial charge is 0.165 e. The van der Waals surface area contributed by atoms with Gasteiger partial charge in [-0.05, 0) is 35.9 Å². The Morgan fingerprint density at radius 3 is 1.78 bits per heavy atom. The zero-order chi connectivity index (χ0) is 38.2. The molecule has 0 N–H and O–H groups in total. The van der Waals surface area contributed by atoms with Crippen LogP contribution in [0, 0.1) is 0 Å². The Balaban J connectivity index is 1.10.